The van der Waals surface area contributed by atoms with Gasteiger partial charge in [0, 0.05) is 27.8 Å². The molecule has 0 fully saturated rings. The van der Waals surface area contributed by atoms with Gasteiger partial charge in [0.25, 0.3) is 17.7 Å². The number of hydrogen-bond acceptors (Lipinski definition) is 4. The van der Waals surface area contributed by atoms with Crippen LogP contribution in [0.3, 0.4) is 0 Å². The van der Waals surface area contributed by atoms with E-state index in [0.717, 1.165) is 16.0 Å². The maximum atomic E-state index is 12.8. The third-order valence-electron chi connectivity index (χ3n) is 5.60. The van der Waals surface area contributed by atoms with E-state index in [1.807, 2.05) is 6.92 Å². The van der Waals surface area contributed by atoms with Crippen LogP contribution in [-0.4, -0.2) is 22.6 Å². The van der Waals surface area contributed by atoms with Crippen molar-refractivity contribution in [2.75, 3.05) is 5.32 Å². The maximum Gasteiger partial charge on any atom is 0.278 e. The normalized spacial score (nSPS) is 13.4. The molecular formula is C26H20Cl3N3O3. The standard InChI is InChI=1S/C26H20Cl3N3O3/c1-15-19(27)7-4-8-21(15)31-24(33)17-11-9-16(10-12-17)13-30-23-22(29)25(34)32(26(23)35)14-18-5-2-3-6-20(18)28/h2-12,30H,13-14H2,1H3,(H,31,33). The summed E-state index contributed by atoms with van der Waals surface area (Å²) in [5.41, 5.74) is 3.35. The number of amides is 3. The van der Waals surface area contributed by atoms with Crippen molar-refractivity contribution < 1.29 is 14.4 Å². The van der Waals surface area contributed by atoms with Crippen molar-refractivity contribution in [1.29, 1.82) is 0 Å². The fourth-order valence-electron chi connectivity index (χ4n) is 3.54. The van der Waals surface area contributed by atoms with Crippen molar-refractivity contribution in [1.82, 2.24) is 10.2 Å². The topological polar surface area (TPSA) is 78.5 Å². The smallest absolute Gasteiger partial charge is 0.278 e. The minimum absolute atomic E-state index is 0.0225. The highest BCUT2D eigenvalue weighted by Crippen LogP contribution is 2.27. The van der Waals surface area contributed by atoms with Gasteiger partial charge in [-0.1, -0.05) is 71.2 Å². The van der Waals surface area contributed by atoms with E-state index in [0.29, 0.717) is 26.9 Å². The van der Waals surface area contributed by atoms with Gasteiger partial charge in [0.05, 0.1) is 6.54 Å². The molecule has 1 heterocycles. The van der Waals surface area contributed by atoms with Crippen LogP contribution in [0.5, 0.6) is 0 Å². The Labute approximate surface area is 217 Å². The SMILES string of the molecule is Cc1c(Cl)cccc1NC(=O)c1ccc(CNC2=C(Cl)C(=O)N(Cc3ccccc3Cl)C2=O)cc1. The van der Waals surface area contributed by atoms with Gasteiger partial charge in [-0.25, -0.2) is 0 Å². The van der Waals surface area contributed by atoms with Gasteiger partial charge < -0.3 is 10.6 Å². The third-order valence-corrected chi connectivity index (χ3v) is 6.73. The maximum absolute atomic E-state index is 12.8. The average Bonchev–Trinajstić information content (AvgIpc) is 3.05. The molecule has 6 nitrogen and oxygen atoms in total. The van der Waals surface area contributed by atoms with Gasteiger partial charge in [-0.2, -0.15) is 0 Å². The fourth-order valence-corrected chi connectivity index (χ4v) is 4.16. The van der Waals surface area contributed by atoms with Gasteiger partial charge in [-0.05, 0) is 53.9 Å². The molecule has 0 aromatic heterocycles. The summed E-state index contributed by atoms with van der Waals surface area (Å²) in [6.45, 7) is 2.09. The van der Waals surface area contributed by atoms with Crippen molar-refractivity contribution in [2.45, 2.75) is 20.0 Å². The van der Waals surface area contributed by atoms with E-state index in [2.05, 4.69) is 10.6 Å². The van der Waals surface area contributed by atoms with E-state index < -0.39 is 11.8 Å². The Balaban J connectivity index is 1.39. The van der Waals surface area contributed by atoms with Gasteiger partial charge >= 0.3 is 0 Å². The minimum Gasteiger partial charge on any atom is -0.375 e. The van der Waals surface area contributed by atoms with E-state index in [1.54, 1.807) is 66.7 Å². The van der Waals surface area contributed by atoms with Gasteiger partial charge in [0.2, 0.25) is 0 Å². The first kappa shape index (κ1) is 24.8. The molecule has 1 aliphatic rings. The molecule has 0 saturated carbocycles. The zero-order chi connectivity index (χ0) is 25.1. The number of imide groups is 1. The van der Waals surface area contributed by atoms with Gasteiger partial charge in [0.15, 0.2) is 0 Å². The zero-order valence-corrected chi connectivity index (χ0v) is 20.8. The minimum atomic E-state index is -0.581. The number of anilines is 1. The lowest BCUT2D eigenvalue weighted by Gasteiger charge is -2.16. The van der Waals surface area contributed by atoms with Crippen LogP contribution in [0, 0.1) is 6.92 Å². The highest BCUT2D eigenvalue weighted by molar-refractivity contribution is 6.47. The summed E-state index contributed by atoms with van der Waals surface area (Å²) in [5, 5.41) is 6.65. The van der Waals surface area contributed by atoms with Crippen molar-refractivity contribution in [3.8, 4) is 0 Å². The Kier molecular flexibility index (Phi) is 7.45. The molecule has 0 radical (unpaired) electrons. The number of nitrogens with one attached hydrogen (secondary N) is 2. The number of carbonyl (C=O) groups excluding carboxylic acids is 3. The number of benzene rings is 3. The second-order valence-corrected chi connectivity index (χ2v) is 9.09. The number of halogens is 3. The largest absolute Gasteiger partial charge is 0.375 e. The van der Waals surface area contributed by atoms with Crippen LogP contribution < -0.4 is 10.6 Å². The molecule has 1 aliphatic heterocycles. The van der Waals surface area contributed by atoms with Gasteiger partial charge in [-0.3, -0.25) is 19.3 Å². The van der Waals surface area contributed by atoms with Crippen molar-refractivity contribution in [3.63, 3.8) is 0 Å². The Morgan fingerprint density at radius 1 is 0.857 bits per heavy atom. The molecule has 3 aromatic rings. The first-order chi connectivity index (χ1) is 16.8. The van der Waals surface area contributed by atoms with E-state index in [1.165, 1.54) is 0 Å². The lowest BCUT2D eigenvalue weighted by atomic mass is 10.1. The van der Waals surface area contributed by atoms with Crippen molar-refractivity contribution in [2.24, 2.45) is 0 Å². The molecule has 0 saturated heterocycles. The highest BCUT2D eigenvalue weighted by Gasteiger charge is 2.37. The zero-order valence-electron chi connectivity index (χ0n) is 18.6. The molecule has 0 bridgehead atoms. The van der Waals surface area contributed by atoms with Crippen LogP contribution in [0.4, 0.5) is 5.69 Å². The summed E-state index contributed by atoms with van der Waals surface area (Å²) in [7, 11) is 0. The molecule has 0 aliphatic carbocycles. The van der Waals surface area contributed by atoms with Crippen LogP contribution in [-0.2, 0) is 22.7 Å². The van der Waals surface area contributed by atoms with Gasteiger partial charge in [0.1, 0.15) is 10.7 Å². The third kappa shape index (κ3) is 5.35. The molecule has 0 unspecified atom stereocenters. The summed E-state index contributed by atoms with van der Waals surface area (Å²) >= 11 is 18.4. The Morgan fingerprint density at radius 2 is 1.54 bits per heavy atom. The number of carbonyl (C=O) groups is 3. The predicted molar refractivity (Wildman–Crippen MR) is 137 cm³/mol. The van der Waals surface area contributed by atoms with E-state index in [9.17, 15) is 14.4 Å². The second kappa shape index (κ2) is 10.5. The highest BCUT2D eigenvalue weighted by atomic mass is 35.5. The molecule has 4 rings (SSSR count). The second-order valence-electron chi connectivity index (χ2n) is 7.89. The monoisotopic (exact) mass is 527 g/mol. The Bertz CT molecular complexity index is 1350. The molecule has 178 valence electrons. The average molecular weight is 529 g/mol. The first-order valence-corrected chi connectivity index (χ1v) is 11.8. The lowest BCUT2D eigenvalue weighted by molar-refractivity contribution is -0.138. The van der Waals surface area contributed by atoms with Crippen LogP contribution in [0.1, 0.15) is 27.0 Å². The molecule has 3 amide bonds. The summed E-state index contributed by atoms with van der Waals surface area (Å²) < 4.78 is 0. The van der Waals surface area contributed by atoms with Crippen molar-refractivity contribution in [3.05, 3.63) is 110 Å². The van der Waals surface area contributed by atoms with E-state index in [-0.39, 0.29) is 29.7 Å². The number of rotatable bonds is 7. The number of hydrogen-bond donors (Lipinski definition) is 2. The molecule has 3 aromatic carbocycles. The fraction of sp³-hybridized carbons (Fsp3) is 0.115. The molecular weight excluding hydrogens is 509 g/mol. The summed E-state index contributed by atoms with van der Waals surface area (Å²) in [4.78, 5) is 39.0. The Morgan fingerprint density at radius 3 is 2.26 bits per heavy atom. The molecule has 0 spiro atoms. The summed E-state index contributed by atoms with van der Waals surface area (Å²) in [6.07, 6.45) is 0. The van der Waals surface area contributed by atoms with Crippen LogP contribution in [0.2, 0.25) is 10.0 Å². The summed E-state index contributed by atoms with van der Waals surface area (Å²) in [6, 6.07) is 19.1. The Hall–Kier alpha value is -3.32. The van der Waals surface area contributed by atoms with E-state index >= 15 is 0 Å². The molecule has 0 atom stereocenters. The van der Waals surface area contributed by atoms with Gasteiger partial charge in [-0.15, -0.1) is 0 Å². The van der Waals surface area contributed by atoms with E-state index in [4.69, 9.17) is 34.8 Å². The summed E-state index contributed by atoms with van der Waals surface area (Å²) in [5.74, 6) is -1.37. The molecule has 35 heavy (non-hydrogen) atoms. The van der Waals surface area contributed by atoms with Crippen LogP contribution in [0.15, 0.2) is 77.5 Å². The molecule has 9 heteroatoms. The quantitative estimate of drug-likeness (QED) is 0.388. The lowest BCUT2D eigenvalue weighted by Crippen LogP contribution is -2.33. The molecule has 2 N–H and O–H groups in total. The van der Waals surface area contributed by atoms with Crippen LogP contribution >= 0.6 is 34.8 Å². The van der Waals surface area contributed by atoms with Crippen LogP contribution in [0.25, 0.3) is 0 Å². The predicted octanol–water partition coefficient (Wildman–Crippen LogP) is 5.66. The number of nitrogens with zero attached hydrogens (tertiary/aromatic N) is 1. The first-order valence-electron chi connectivity index (χ1n) is 10.6. The van der Waals surface area contributed by atoms with Crippen molar-refractivity contribution >= 4 is 58.2 Å².